The Labute approximate surface area is 125 Å². The molecule has 0 amide bonds. The first-order chi connectivity index (χ1) is 10.2. The number of aliphatic carboxylic acids is 1. The number of aromatic nitrogens is 2. The maximum absolute atomic E-state index is 11.3. The Bertz CT molecular complexity index is 654. The Morgan fingerprint density at radius 3 is 3.14 bits per heavy atom. The quantitative estimate of drug-likeness (QED) is 0.933. The van der Waals surface area contributed by atoms with Gasteiger partial charge in [-0.25, -0.2) is 0 Å². The highest BCUT2D eigenvalue weighted by atomic mass is 32.1. The minimum absolute atomic E-state index is 0.115. The van der Waals surface area contributed by atoms with Crippen LogP contribution >= 0.6 is 11.3 Å². The molecule has 4 heterocycles. The van der Waals surface area contributed by atoms with Crippen LogP contribution in [0, 0.1) is 5.92 Å². The topological polar surface area (TPSA) is 79.5 Å². The van der Waals surface area contributed by atoms with Gasteiger partial charge >= 0.3 is 5.97 Å². The third-order valence-electron chi connectivity index (χ3n) is 4.53. The molecule has 2 saturated heterocycles. The molecule has 0 spiro atoms. The number of nitrogens with zero attached hydrogens (tertiary/aromatic N) is 3. The molecule has 0 aliphatic carbocycles. The van der Waals surface area contributed by atoms with E-state index in [1.165, 1.54) is 0 Å². The molecule has 0 radical (unpaired) electrons. The third kappa shape index (κ3) is 2.16. The van der Waals surface area contributed by atoms with E-state index < -0.39 is 5.97 Å². The smallest absolute Gasteiger partial charge is 0.308 e. The molecular weight excluding hydrogens is 290 g/mol. The van der Waals surface area contributed by atoms with Gasteiger partial charge in [0.05, 0.1) is 17.3 Å². The number of thiophene rings is 1. The zero-order valence-corrected chi connectivity index (χ0v) is 12.1. The van der Waals surface area contributed by atoms with Crippen molar-refractivity contribution in [3.63, 3.8) is 0 Å². The Kier molecular flexibility index (Phi) is 3.04. The molecule has 2 aliphatic rings. The second-order valence-corrected chi connectivity index (χ2v) is 6.59. The number of carboxylic acid groups (broad SMARTS) is 1. The van der Waals surface area contributed by atoms with Crippen molar-refractivity contribution in [3.8, 4) is 10.7 Å². The maximum Gasteiger partial charge on any atom is 0.308 e. The van der Waals surface area contributed by atoms with Crippen molar-refractivity contribution < 1.29 is 14.4 Å². The van der Waals surface area contributed by atoms with Crippen LogP contribution < -0.4 is 0 Å². The van der Waals surface area contributed by atoms with Gasteiger partial charge in [-0.2, -0.15) is 4.98 Å². The fourth-order valence-electron chi connectivity index (χ4n) is 3.59. The number of carboxylic acids is 1. The summed E-state index contributed by atoms with van der Waals surface area (Å²) < 4.78 is 5.33. The van der Waals surface area contributed by atoms with Crippen molar-refractivity contribution in [3.05, 3.63) is 23.4 Å². The molecule has 7 heteroatoms. The Hall–Kier alpha value is -1.73. The minimum Gasteiger partial charge on any atom is -0.481 e. The van der Waals surface area contributed by atoms with Crippen LogP contribution in [0.15, 0.2) is 22.0 Å². The standard InChI is InChI=1S/C14H15N3O3S/c18-14(19)9-6-8-3-4-10(9)17(8)7-12-15-13(16-20-12)11-2-1-5-21-11/h1-2,5,8-10H,3-4,6-7H2,(H,18,19). The summed E-state index contributed by atoms with van der Waals surface area (Å²) in [6, 6.07) is 4.37. The van der Waals surface area contributed by atoms with Crippen molar-refractivity contribution in [2.24, 2.45) is 5.92 Å². The van der Waals surface area contributed by atoms with E-state index in [1.807, 2.05) is 17.5 Å². The number of carbonyl (C=O) groups is 1. The summed E-state index contributed by atoms with van der Waals surface area (Å²) in [7, 11) is 0. The monoisotopic (exact) mass is 305 g/mol. The van der Waals surface area contributed by atoms with E-state index in [4.69, 9.17) is 4.52 Å². The summed E-state index contributed by atoms with van der Waals surface area (Å²) in [5.74, 6) is 0.253. The van der Waals surface area contributed by atoms with Gasteiger partial charge < -0.3 is 9.63 Å². The largest absolute Gasteiger partial charge is 0.481 e. The van der Waals surface area contributed by atoms with Gasteiger partial charge in [-0.05, 0) is 30.7 Å². The van der Waals surface area contributed by atoms with Crippen LogP contribution in [-0.4, -0.2) is 38.2 Å². The second-order valence-electron chi connectivity index (χ2n) is 5.64. The predicted octanol–water partition coefficient (Wildman–Crippen LogP) is 2.24. The number of hydrogen-bond acceptors (Lipinski definition) is 6. The SMILES string of the molecule is O=C(O)C1CC2CCC1N2Cc1nc(-c2cccs2)no1. The molecule has 2 bridgehead atoms. The van der Waals surface area contributed by atoms with Crippen molar-refractivity contribution in [1.29, 1.82) is 0 Å². The zero-order chi connectivity index (χ0) is 14.4. The van der Waals surface area contributed by atoms with Gasteiger partial charge in [-0.3, -0.25) is 9.69 Å². The molecule has 4 rings (SSSR count). The lowest BCUT2D eigenvalue weighted by Crippen LogP contribution is -2.32. The fourth-order valence-corrected chi connectivity index (χ4v) is 4.24. The van der Waals surface area contributed by atoms with Crippen molar-refractivity contribution in [2.45, 2.75) is 37.9 Å². The first-order valence-corrected chi connectivity index (χ1v) is 7.95. The van der Waals surface area contributed by atoms with Gasteiger partial charge in [-0.1, -0.05) is 11.2 Å². The maximum atomic E-state index is 11.3. The number of rotatable bonds is 4. The van der Waals surface area contributed by atoms with Crippen LogP contribution in [0.25, 0.3) is 10.7 Å². The zero-order valence-electron chi connectivity index (χ0n) is 11.3. The van der Waals surface area contributed by atoms with Gasteiger partial charge in [0.1, 0.15) is 0 Å². The molecule has 2 fully saturated rings. The Balaban J connectivity index is 1.51. The highest BCUT2D eigenvalue weighted by molar-refractivity contribution is 7.13. The predicted molar refractivity (Wildman–Crippen MR) is 75.7 cm³/mol. The van der Waals surface area contributed by atoms with Gasteiger partial charge in [-0.15, -0.1) is 11.3 Å². The van der Waals surface area contributed by atoms with Gasteiger partial charge in [0.15, 0.2) is 0 Å². The number of hydrogen-bond donors (Lipinski definition) is 1. The van der Waals surface area contributed by atoms with E-state index >= 15 is 0 Å². The average Bonchev–Trinajstić information content (AvgIpc) is 3.22. The summed E-state index contributed by atoms with van der Waals surface area (Å²) in [6.07, 6.45) is 2.76. The third-order valence-corrected chi connectivity index (χ3v) is 5.39. The van der Waals surface area contributed by atoms with Crippen LogP contribution in [0.5, 0.6) is 0 Å². The molecule has 1 N–H and O–H groups in total. The highest BCUT2D eigenvalue weighted by Gasteiger charge is 2.49. The summed E-state index contributed by atoms with van der Waals surface area (Å²) in [4.78, 5) is 18.9. The van der Waals surface area contributed by atoms with E-state index in [9.17, 15) is 9.90 Å². The lowest BCUT2D eigenvalue weighted by atomic mass is 9.89. The van der Waals surface area contributed by atoms with Crippen LogP contribution in [0.4, 0.5) is 0 Å². The lowest BCUT2D eigenvalue weighted by Gasteiger charge is -2.20. The van der Waals surface area contributed by atoms with Crippen LogP contribution in [0.1, 0.15) is 25.2 Å². The van der Waals surface area contributed by atoms with Crippen molar-refractivity contribution in [1.82, 2.24) is 15.0 Å². The molecular formula is C14H15N3O3S. The summed E-state index contributed by atoms with van der Waals surface area (Å²) >= 11 is 1.57. The van der Waals surface area contributed by atoms with Gasteiger partial charge in [0.25, 0.3) is 0 Å². The molecule has 3 unspecified atom stereocenters. The molecule has 2 aromatic rings. The Morgan fingerprint density at radius 2 is 2.43 bits per heavy atom. The summed E-state index contributed by atoms with van der Waals surface area (Å²) in [6.45, 7) is 0.553. The average molecular weight is 305 g/mol. The van der Waals surface area contributed by atoms with E-state index in [2.05, 4.69) is 15.0 Å². The summed E-state index contributed by atoms with van der Waals surface area (Å²) in [5.41, 5.74) is 0. The first-order valence-electron chi connectivity index (χ1n) is 7.07. The normalized spacial score (nSPS) is 28.3. The van der Waals surface area contributed by atoms with E-state index in [0.717, 1.165) is 24.1 Å². The molecule has 2 aromatic heterocycles. The lowest BCUT2D eigenvalue weighted by molar-refractivity contribution is -0.142. The molecule has 21 heavy (non-hydrogen) atoms. The van der Waals surface area contributed by atoms with Crippen molar-refractivity contribution >= 4 is 17.3 Å². The molecule has 3 atom stereocenters. The van der Waals surface area contributed by atoms with Crippen LogP contribution in [0.3, 0.4) is 0 Å². The fraction of sp³-hybridized carbons (Fsp3) is 0.500. The van der Waals surface area contributed by atoms with Crippen LogP contribution in [0.2, 0.25) is 0 Å². The molecule has 110 valence electrons. The molecule has 0 saturated carbocycles. The number of fused-ring (bicyclic) bond motifs is 2. The van der Waals surface area contributed by atoms with E-state index in [0.29, 0.717) is 24.3 Å². The van der Waals surface area contributed by atoms with Crippen LogP contribution in [-0.2, 0) is 11.3 Å². The van der Waals surface area contributed by atoms with Gasteiger partial charge in [0.2, 0.25) is 11.7 Å². The molecule has 0 aromatic carbocycles. The minimum atomic E-state index is -0.683. The van der Waals surface area contributed by atoms with E-state index in [-0.39, 0.29) is 12.0 Å². The van der Waals surface area contributed by atoms with E-state index in [1.54, 1.807) is 11.3 Å². The van der Waals surface area contributed by atoms with Gasteiger partial charge in [0, 0.05) is 12.1 Å². The first kappa shape index (κ1) is 13.0. The van der Waals surface area contributed by atoms with Crippen molar-refractivity contribution in [2.75, 3.05) is 0 Å². The summed E-state index contributed by atoms with van der Waals surface area (Å²) in [5, 5.41) is 15.3. The second kappa shape index (κ2) is 4.92. The Morgan fingerprint density at radius 1 is 1.52 bits per heavy atom. The molecule has 2 aliphatic heterocycles. The highest BCUT2D eigenvalue weighted by Crippen LogP contribution is 2.42. The molecule has 6 nitrogen and oxygen atoms in total.